The first-order valence-corrected chi connectivity index (χ1v) is 12.0. The zero-order valence-electron chi connectivity index (χ0n) is 18.7. The fourth-order valence-corrected chi connectivity index (χ4v) is 5.91. The first-order valence-electron chi connectivity index (χ1n) is 12.0. The molecule has 0 spiro atoms. The smallest absolute Gasteiger partial charge is 0.0535 e. The second-order valence-corrected chi connectivity index (χ2v) is 9.57. The van der Waals surface area contributed by atoms with Crippen LogP contribution < -0.4 is 0 Å². The van der Waals surface area contributed by atoms with E-state index in [0.29, 0.717) is 0 Å². The van der Waals surface area contributed by atoms with Crippen LogP contribution in [0.4, 0.5) is 0 Å². The maximum absolute atomic E-state index is 3.75. The van der Waals surface area contributed by atoms with Crippen molar-refractivity contribution in [3.8, 4) is 11.1 Å². The van der Waals surface area contributed by atoms with Gasteiger partial charge in [0, 0.05) is 39.7 Å². The zero-order valence-corrected chi connectivity index (χ0v) is 18.7. The van der Waals surface area contributed by atoms with Crippen LogP contribution >= 0.6 is 0 Å². The Morgan fingerprint density at radius 3 is 2.18 bits per heavy atom. The van der Waals surface area contributed by atoms with Crippen molar-refractivity contribution in [3.63, 3.8) is 0 Å². The molecule has 2 nitrogen and oxygen atoms in total. The van der Waals surface area contributed by atoms with Crippen LogP contribution in [0.3, 0.4) is 0 Å². The lowest BCUT2D eigenvalue weighted by Crippen LogP contribution is -1.91. The van der Waals surface area contributed by atoms with Crippen molar-refractivity contribution in [3.05, 3.63) is 119 Å². The highest BCUT2D eigenvalue weighted by atomic mass is 14.8. The van der Waals surface area contributed by atoms with Crippen LogP contribution in [0.1, 0.15) is 28.1 Å². The van der Waals surface area contributed by atoms with Crippen molar-refractivity contribution < 1.29 is 0 Å². The van der Waals surface area contributed by atoms with E-state index < -0.39 is 0 Å². The van der Waals surface area contributed by atoms with Gasteiger partial charge < -0.3 is 9.97 Å². The molecule has 3 heterocycles. The third-order valence-corrected chi connectivity index (χ3v) is 7.56. The van der Waals surface area contributed by atoms with Gasteiger partial charge in [-0.25, -0.2) is 0 Å². The minimum atomic E-state index is 0.848. The Morgan fingerprint density at radius 1 is 0.618 bits per heavy atom. The summed E-state index contributed by atoms with van der Waals surface area (Å²) in [7, 11) is 0. The predicted octanol–water partition coefficient (Wildman–Crippen LogP) is 8.03. The first-order chi connectivity index (χ1) is 16.8. The average molecular weight is 435 g/mol. The number of aromatic amines is 2. The highest BCUT2D eigenvalue weighted by Gasteiger charge is 2.15. The van der Waals surface area contributed by atoms with Crippen molar-refractivity contribution >= 4 is 44.2 Å². The highest BCUT2D eigenvalue weighted by molar-refractivity contribution is 6.01. The molecule has 1 aliphatic heterocycles. The molecule has 34 heavy (non-hydrogen) atoms. The summed E-state index contributed by atoms with van der Waals surface area (Å²) in [6, 6.07) is 29.3. The molecule has 0 fully saturated rings. The Hall–Kier alpha value is -4.30. The van der Waals surface area contributed by atoms with Crippen LogP contribution in [-0.2, 0) is 12.8 Å². The van der Waals surface area contributed by atoms with Gasteiger partial charge in [-0.3, -0.25) is 0 Å². The molecule has 160 valence electrons. The molecule has 0 saturated heterocycles. The lowest BCUT2D eigenvalue weighted by molar-refractivity contribution is 1.07. The van der Waals surface area contributed by atoms with Crippen molar-refractivity contribution in [1.82, 2.24) is 9.97 Å². The van der Waals surface area contributed by atoms with Crippen LogP contribution in [0.15, 0.2) is 91.0 Å². The Bertz CT molecular complexity index is 1860. The number of benzene rings is 4. The summed E-state index contributed by atoms with van der Waals surface area (Å²) in [6.07, 6.45) is 8.73. The average Bonchev–Trinajstić information content (AvgIpc) is 3.39. The van der Waals surface area contributed by atoms with Gasteiger partial charge in [-0.05, 0) is 57.7 Å². The molecule has 8 bridgehead atoms. The van der Waals surface area contributed by atoms with Crippen molar-refractivity contribution in [2.45, 2.75) is 12.8 Å². The maximum Gasteiger partial charge on any atom is 0.0535 e. The fourth-order valence-electron chi connectivity index (χ4n) is 5.91. The van der Waals surface area contributed by atoms with E-state index >= 15 is 0 Å². The number of nitrogens with one attached hydrogen (secondary N) is 2. The largest absolute Gasteiger partial charge is 0.358 e. The topological polar surface area (TPSA) is 31.6 Å². The van der Waals surface area contributed by atoms with E-state index in [1.807, 2.05) is 0 Å². The van der Waals surface area contributed by atoms with Gasteiger partial charge in [0.1, 0.15) is 0 Å². The van der Waals surface area contributed by atoms with Gasteiger partial charge in [0.15, 0.2) is 0 Å². The van der Waals surface area contributed by atoms with Gasteiger partial charge in [-0.2, -0.15) is 0 Å². The highest BCUT2D eigenvalue weighted by Crippen LogP contribution is 2.36. The minimum Gasteiger partial charge on any atom is -0.358 e. The van der Waals surface area contributed by atoms with Crippen LogP contribution in [0.2, 0.25) is 0 Å². The van der Waals surface area contributed by atoms with Gasteiger partial charge in [-0.1, -0.05) is 78.9 Å². The number of hydrogen-bond donors (Lipinski definition) is 2. The number of rotatable bonds is 0. The number of aromatic nitrogens is 2. The standard InChI is InChI=1S/C32H22N2/c1-3-23-15-25-18-26-16-24-4-2-6-29(32(24)34-26)22-12-11-21-10-8-19-7-9-20(28(5-1)31(23)33-25)13-14-27(19)30(21)17-22/h1-13,15-17,33-34H,14,18H2. The van der Waals surface area contributed by atoms with E-state index in [4.69, 9.17) is 0 Å². The second kappa shape index (κ2) is 6.61. The molecular weight excluding hydrogens is 412 g/mol. The molecule has 8 rings (SSSR count). The van der Waals surface area contributed by atoms with E-state index in [0.717, 1.165) is 12.8 Å². The maximum atomic E-state index is 3.75. The molecule has 6 aromatic rings. The number of H-pyrrole nitrogens is 2. The van der Waals surface area contributed by atoms with E-state index in [1.165, 1.54) is 77.4 Å². The van der Waals surface area contributed by atoms with Crippen LogP contribution in [0, 0.1) is 0 Å². The van der Waals surface area contributed by atoms with E-state index in [9.17, 15) is 0 Å². The predicted molar refractivity (Wildman–Crippen MR) is 143 cm³/mol. The van der Waals surface area contributed by atoms with Gasteiger partial charge in [-0.15, -0.1) is 0 Å². The quantitative estimate of drug-likeness (QED) is 0.242. The Balaban J connectivity index is 1.50. The Morgan fingerprint density at radius 2 is 1.35 bits per heavy atom. The molecule has 0 radical (unpaired) electrons. The fraction of sp³-hybridized carbons (Fsp3) is 0.0625. The monoisotopic (exact) mass is 434 g/mol. The molecule has 1 aliphatic carbocycles. The lowest BCUT2D eigenvalue weighted by Gasteiger charge is -2.11. The van der Waals surface area contributed by atoms with Crippen molar-refractivity contribution in [1.29, 1.82) is 0 Å². The molecule has 0 atom stereocenters. The Kier molecular flexibility index (Phi) is 3.53. The van der Waals surface area contributed by atoms with Gasteiger partial charge in [0.2, 0.25) is 0 Å². The summed E-state index contributed by atoms with van der Waals surface area (Å²) < 4.78 is 0. The van der Waals surface area contributed by atoms with E-state index in [2.05, 4.69) is 107 Å². The second-order valence-electron chi connectivity index (χ2n) is 9.57. The summed E-state index contributed by atoms with van der Waals surface area (Å²) in [5.41, 5.74) is 12.7. The summed E-state index contributed by atoms with van der Waals surface area (Å²) in [6.45, 7) is 0. The normalized spacial score (nSPS) is 14.3. The molecule has 0 amide bonds. The molecule has 2 N–H and O–H groups in total. The molecule has 2 heteroatoms. The summed E-state index contributed by atoms with van der Waals surface area (Å²) in [4.78, 5) is 7.50. The van der Waals surface area contributed by atoms with Crippen LogP contribution in [0.5, 0.6) is 0 Å². The third-order valence-electron chi connectivity index (χ3n) is 7.56. The van der Waals surface area contributed by atoms with Gasteiger partial charge in [0.05, 0.1) is 11.0 Å². The lowest BCUT2D eigenvalue weighted by atomic mass is 9.93. The number of allylic oxidation sites excluding steroid dienone is 3. The summed E-state index contributed by atoms with van der Waals surface area (Å²) >= 11 is 0. The molecule has 2 aromatic heterocycles. The van der Waals surface area contributed by atoms with E-state index in [1.54, 1.807) is 0 Å². The first kappa shape index (κ1) is 18.2. The molecule has 4 aromatic carbocycles. The Labute approximate surface area is 197 Å². The van der Waals surface area contributed by atoms with Gasteiger partial charge >= 0.3 is 0 Å². The number of fused-ring (bicyclic) bond motifs is 6. The molecule has 2 aliphatic rings. The number of para-hydroxylation sites is 2. The van der Waals surface area contributed by atoms with Crippen LogP contribution in [0.25, 0.3) is 55.4 Å². The summed E-state index contributed by atoms with van der Waals surface area (Å²) in [5.74, 6) is 0. The molecule has 0 saturated carbocycles. The third kappa shape index (κ3) is 2.57. The molecule has 0 unspecified atom stereocenters. The van der Waals surface area contributed by atoms with E-state index in [-0.39, 0.29) is 0 Å². The minimum absolute atomic E-state index is 0.848. The zero-order chi connectivity index (χ0) is 22.2. The molecular formula is C32H22N2. The summed E-state index contributed by atoms with van der Waals surface area (Å²) in [5, 5.41) is 5.16. The SMILES string of the molecule is C1=Cc2ccc3ccc4cc3c2CC=C1c1cccc2cc([nH]c12)Cc1cc2cccc-4c2[nH]1. The van der Waals surface area contributed by atoms with Crippen molar-refractivity contribution in [2.75, 3.05) is 0 Å². The van der Waals surface area contributed by atoms with Gasteiger partial charge in [0.25, 0.3) is 0 Å². The van der Waals surface area contributed by atoms with Crippen molar-refractivity contribution in [2.24, 2.45) is 0 Å². The number of hydrogen-bond acceptors (Lipinski definition) is 0. The van der Waals surface area contributed by atoms with Crippen LogP contribution in [-0.4, -0.2) is 9.97 Å².